The lowest BCUT2D eigenvalue weighted by molar-refractivity contribution is 0.0949. The fourth-order valence-electron chi connectivity index (χ4n) is 3.52. The lowest BCUT2D eigenvalue weighted by Crippen LogP contribution is -2.29. The summed E-state index contributed by atoms with van der Waals surface area (Å²) in [6.07, 6.45) is 3.17. The van der Waals surface area contributed by atoms with Crippen LogP contribution in [0.25, 0.3) is 0 Å². The highest BCUT2D eigenvalue weighted by Crippen LogP contribution is 2.36. The van der Waals surface area contributed by atoms with E-state index in [0.717, 1.165) is 17.7 Å². The quantitative estimate of drug-likeness (QED) is 0.738. The van der Waals surface area contributed by atoms with Crippen molar-refractivity contribution < 1.29 is 9.18 Å². The summed E-state index contributed by atoms with van der Waals surface area (Å²) in [5.74, 6) is 0.0218. The van der Waals surface area contributed by atoms with Gasteiger partial charge in [-0.25, -0.2) is 14.4 Å². The molecule has 1 aliphatic heterocycles. The summed E-state index contributed by atoms with van der Waals surface area (Å²) in [7, 11) is 0. The molecule has 1 amide bonds. The summed E-state index contributed by atoms with van der Waals surface area (Å²) in [4.78, 5) is 23.5. The van der Waals surface area contributed by atoms with Crippen LogP contribution in [0, 0.1) is 5.82 Å². The van der Waals surface area contributed by atoms with Crippen LogP contribution in [0.5, 0.6) is 0 Å². The van der Waals surface area contributed by atoms with E-state index in [0.29, 0.717) is 24.6 Å². The molecule has 1 aliphatic rings. The molecular formula is C22H21FN4O. The van der Waals surface area contributed by atoms with E-state index in [-0.39, 0.29) is 17.8 Å². The van der Waals surface area contributed by atoms with Crippen LogP contribution in [-0.4, -0.2) is 28.5 Å². The van der Waals surface area contributed by atoms with Gasteiger partial charge < -0.3 is 10.2 Å². The molecule has 1 unspecified atom stereocenters. The molecule has 0 radical (unpaired) electrons. The van der Waals surface area contributed by atoms with Crippen molar-refractivity contribution in [1.82, 2.24) is 15.3 Å². The maximum atomic E-state index is 13.0. The molecule has 1 atom stereocenters. The number of fused-ring (bicyclic) bond motifs is 1. The minimum absolute atomic E-state index is 0.231. The summed E-state index contributed by atoms with van der Waals surface area (Å²) in [6, 6.07) is 16.3. The third-order valence-electron chi connectivity index (χ3n) is 4.91. The molecular weight excluding hydrogens is 355 g/mol. The monoisotopic (exact) mass is 376 g/mol. The largest absolute Gasteiger partial charge is 0.350 e. The van der Waals surface area contributed by atoms with Gasteiger partial charge in [0.05, 0.1) is 0 Å². The zero-order valence-electron chi connectivity index (χ0n) is 15.6. The highest BCUT2D eigenvalue weighted by molar-refractivity contribution is 5.92. The molecule has 1 aromatic heterocycles. The lowest BCUT2D eigenvalue weighted by atomic mass is 10.1. The van der Waals surface area contributed by atoms with Gasteiger partial charge >= 0.3 is 0 Å². The van der Waals surface area contributed by atoms with Crippen molar-refractivity contribution in [1.29, 1.82) is 0 Å². The molecule has 142 valence electrons. The number of para-hydroxylation sites is 1. The number of anilines is 2. The average molecular weight is 376 g/mol. The number of halogens is 1. The number of amides is 1. The van der Waals surface area contributed by atoms with E-state index in [1.165, 1.54) is 17.7 Å². The van der Waals surface area contributed by atoms with Crippen LogP contribution in [0.1, 0.15) is 28.5 Å². The van der Waals surface area contributed by atoms with Crippen molar-refractivity contribution in [2.24, 2.45) is 0 Å². The molecule has 2 aromatic carbocycles. The van der Waals surface area contributed by atoms with E-state index in [4.69, 9.17) is 0 Å². The Morgan fingerprint density at radius 2 is 1.96 bits per heavy atom. The molecule has 6 heteroatoms. The zero-order valence-corrected chi connectivity index (χ0v) is 15.6. The number of hydrogen-bond donors (Lipinski definition) is 1. The molecule has 0 spiro atoms. The SMILES string of the molecule is CC1Cc2ccccc2N1c1nccc(C(=O)NCCc2ccc(F)cc2)n1. The van der Waals surface area contributed by atoms with Gasteiger partial charge in [-0.2, -0.15) is 0 Å². The van der Waals surface area contributed by atoms with Gasteiger partial charge in [-0.15, -0.1) is 0 Å². The number of carbonyl (C=O) groups is 1. The summed E-state index contributed by atoms with van der Waals surface area (Å²) >= 11 is 0. The Morgan fingerprint density at radius 1 is 1.18 bits per heavy atom. The maximum Gasteiger partial charge on any atom is 0.270 e. The van der Waals surface area contributed by atoms with Gasteiger partial charge in [0.25, 0.3) is 5.91 Å². The Bertz CT molecular complexity index is 990. The Hall–Kier alpha value is -3.28. The predicted molar refractivity (Wildman–Crippen MR) is 106 cm³/mol. The van der Waals surface area contributed by atoms with Crippen LogP contribution in [-0.2, 0) is 12.8 Å². The van der Waals surface area contributed by atoms with Crippen LogP contribution >= 0.6 is 0 Å². The Morgan fingerprint density at radius 3 is 2.79 bits per heavy atom. The molecule has 4 rings (SSSR count). The van der Waals surface area contributed by atoms with Crippen molar-refractivity contribution in [2.75, 3.05) is 11.4 Å². The van der Waals surface area contributed by atoms with Gasteiger partial charge in [0.15, 0.2) is 0 Å². The second-order valence-electron chi connectivity index (χ2n) is 6.93. The molecule has 0 bridgehead atoms. The molecule has 0 saturated heterocycles. The van der Waals surface area contributed by atoms with Crippen molar-refractivity contribution in [3.63, 3.8) is 0 Å². The minimum Gasteiger partial charge on any atom is -0.350 e. The average Bonchev–Trinajstić information content (AvgIpc) is 3.05. The number of aromatic nitrogens is 2. The third-order valence-corrected chi connectivity index (χ3v) is 4.91. The first-order chi connectivity index (χ1) is 13.6. The lowest BCUT2D eigenvalue weighted by Gasteiger charge is -2.22. The highest BCUT2D eigenvalue weighted by Gasteiger charge is 2.29. The molecule has 28 heavy (non-hydrogen) atoms. The van der Waals surface area contributed by atoms with E-state index >= 15 is 0 Å². The van der Waals surface area contributed by atoms with Crippen LogP contribution in [0.3, 0.4) is 0 Å². The first kappa shape index (κ1) is 18.1. The fraction of sp³-hybridized carbons (Fsp3) is 0.227. The van der Waals surface area contributed by atoms with Crippen LogP contribution < -0.4 is 10.2 Å². The van der Waals surface area contributed by atoms with E-state index in [1.807, 2.05) is 12.1 Å². The highest BCUT2D eigenvalue weighted by atomic mass is 19.1. The Balaban J connectivity index is 1.45. The number of nitrogens with zero attached hydrogens (tertiary/aromatic N) is 3. The third kappa shape index (κ3) is 3.71. The molecule has 3 aromatic rings. The summed E-state index contributed by atoms with van der Waals surface area (Å²) < 4.78 is 13.0. The first-order valence-electron chi connectivity index (χ1n) is 9.34. The predicted octanol–water partition coefficient (Wildman–Crippen LogP) is 3.67. The van der Waals surface area contributed by atoms with Gasteiger partial charge in [0.1, 0.15) is 11.5 Å². The molecule has 5 nitrogen and oxygen atoms in total. The van der Waals surface area contributed by atoms with E-state index in [2.05, 4.69) is 39.2 Å². The number of nitrogens with one attached hydrogen (secondary N) is 1. The number of benzene rings is 2. The number of carbonyl (C=O) groups excluding carboxylic acids is 1. The number of hydrogen-bond acceptors (Lipinski definition) is 4. The first-order valence-corrected chi connectivity index (χ1v) is 9.34. The molecule has 0 saturated carbocycles. The second kappa shape index (κ2) is 7.76. The molecule has 0 aliphatic carbocycles. The van der Waals surface area contributed by atoms with E-state index < -0.39 is 0 Å². The Labute approximate surface area is 163 Å². The van der Waals surface area contributed by atoms with Gasteiger partial charge in [-0.3, -0.25) is 4.79 Å². The maximum absolute atomic E-state index is 13.0. The van der Waals surface area contributed by atoms with Gasteiger partial charge in [0, 0.05) is 24.5 Å². The fourth-order valence-corrected chi connectivity index (χ4v) is 3.52. The van der Waals surface area contributed by atoms with Gasteiger partial charge in [-0.1, -0.05) is 30.3 Å². The zero-order chi connectivity index (χ0) is 19.5. The van der Waals surface area contributed by atoms with Crippen molar-refractivity contribution in [2.45, 2.75) is 25.8 Å². The van der Waals surface area contributed by atoms with E-state index in [1.54, 1.807) is 24.4 Å². The molecule has 0 fully saturated rings. The van der Waals surface area contributed by atoms with Crippen molar-refractivity contribution in [3.8, 4) is 0 Å². The van der Waals surface area contributed by atoms with Gasteiger partial charge in [0.2, 0.25) is 5.95 Å². The van der Waals surface area contributed by atoms with Crippen LogP contribution in [0.2, 0.25) is 0 Å². The topological polar surface area (TPSA) is 58.1 Å². The summed E-state index contributed by atoms with van der Waals surface area (Å²) in [5.41, 5.74) is 3.64. The van der Waals surface area contributed by atoms with Gasteiger partial charge in [-0.05, 0) is 55.2 Å². The number of rotatable bonds is 5. The van der Waals surface area contributed by atoms with E-state index in [9.17, 15) is 9.18 Å². The second-order valence-corrected chi connectivity index (χ2v) is 6.93. The standard InChI is InChI=1S/C22H21FN4O/c1-15-14-17-4-2-3-5-20(17)27(15)22-25-13-11-19(26-22)21(28)24-12-10-16-6-8-18(23)9-7-16/h2-9,11,13,15H,10,12,14H2,1H3,(H,24,28). The molecule has 1 N–H and O–H groups in total. The summed E-state index contributed by atoms with van der Waals surface area (Å²) in [6.45, 7) is 2.57. The molecule has 2 heterocycles. The smallest absolute Gasteiger partial charge is 0.270 e. The normalized spacial score (nSPS) is 15.4. The Kier molecular flexibility index (Phi) is 5.02. The summed E-state index contributed by atoms with van der Waals surface area (Å²) in [5, 5.41) is 2.87. The van der Waals surface area contributed by atoms with Crippen molar-refractivity contribution in [3.05, 3.63) is 83.4 Å². The van der Waals surface area contributed by atoms with Crippen LogP contribution in [0.15, 0.2) is 60.8 Å². The minimum atomic E-state index is -0.265. The van der Waals surface area contributed by atoms with Crippen LogP contribution in [0.4, 0.5) is 16.0 Å². The van der Waals surface area contributed by atoms with Crippen molar-refractivity contribution >= 4 is 17.5 Å².